The maximum absolute atomic E-state index is 4.44. The summed E-state index contributed by atoms with van der Waals surface area (Å²) in [5.41, 5.74) is 1.13. The Morgan fingerprint density at radius 3 is 3.12 bits per heavy atom. The molecule has 1 saturated heterocycles. The first kappa shape index (κ1) is 12.5. The van der Waals surface area contributed by atoms with Crippen molar-refractivity contribution in [3.63, 3.8) is 0 Å². The van der Waals surface area contributed by atoms with Crippen molar-refractivity contribution in [2.45, 2.75) is 18.5 Å². The van der Waals surface area contributed by atoms with Gasteiger partial charge in [0, 0.05) is 31.9 Å². The number of likely N-dealkylation sites (N-methyl/N-ethyl adjacent to an activating group) is 1. The van der Waals surface area contributed by atoms with Gasteiger partial charge in [-0.05, 0) is 32.6 Å². The first-order chi connectivity index (χ1) is 8.31. The summed E-state index contributed by atoms with van der Waals surface area (Å²) in [6.07, 6.45) is 2.96. The van der Waals surface area contributed by atoms with E-state index >= 15 is 0 Å². The Balaban J connectivity index is 1.99. The van der Waals surface area contributed by atoms with Crippen molar-refractivity contribution in [1.82, 2.24) is 20.5 Å². The van der Waals surface area contributed by atoms with Crippen LogP contribution in [0.3, 0.4) is 0 Å². The lowest BCUT2D eigenvalue weighted by Crippen LogP contribution is -2.50. The minimum Gasteiger partial charge on any atom is -0.314 e. The number of rotatable bonds is 4. The highest BCUT2D eigenvalue weighted by atomic mass is 15.2. The topological polar surface area (TPSA) is 40.2 Å². The SMILES string of the molecule is CNC(CC1CNCCN1C)c1ccccn1. The van der Waals surface area contributed by atoms with Crippen LogP contribution in [0.15, 0.2) is 24.4 Å². The molecule has 0 bridgehead atoms. The standard InChI is InChI=1S/C13H22N4/c1-14-13(12-5-3-4-6-16-12)9-11-10-15-7-8-17(11)2/h3-6,11,13-15H,7-10H2,1-2H3. The quantitative estimate of drug-likeness (QED) is 0.802. The second kappa shape index (κ2) is 6.10. The first-order valence-electron chi connectivity index (χ1n) is 6.30. The Hall–Kier alpha value is -0.970. The molecule has 1 aliphatic heterocycles. The van der Waals surface area contributed by atoms with Crippen LogP contribution >= 0.6 is 0 Å². The van der Waals surface area contributed by atoms with Crippen LogP contribution in [0, 0.1) is 0 Å². The average molecular weight is 234 g/mol. The zero-order chi connectivity index (χ0) is 12.1. The van der Waals surface area contributed by atoms with Crippen LogP contribution in [-0.2, 0) is 0 Å². The van der Waals surface area contributed by atoms with Gasteiger partial charge in [-0.2, -0.15) is 0 Å². The molecule has 0 saturated carbocycles. The summed E-state index contributed by atoms with van der Waals surface area (Å²) >= 11 is 0. The molecule has 2 N–H and O–H groups in total. The molecule has 0 spiro atoms. The molecule has 0 radical (unpaired) electrons. The summed E-state index contributed by atoms with van der Waals surface area (Å²) in [6.45, 7) is 3.30. The second-order valence-electron chi connectivity index (χ2n) is 4.67. The molecular formula is C13H22N4. The van der Waals surface area contributed by atoms with Crippen LogP contribution in [0.1, 0.15) is 18.2 Å². The van der Waals surface area contributed by atoms with Gasteiger partial charge >= 0.3 is 0 Å². The van der Waals surface area contributed by atoms with E-state index in [9.17, 15) is 0 Å². The predicted molar refractivity (Wildman–Crippen MR) is 69.9 cm³/mol. The Labute approximate surface area is 103 Å². The van der Waals surface area contributed by atoms with E-state index in [1.165, 1.54) is 0 Å². The van der Waals surface area contributed by atoms with E-state index in [1.807, 2.05) is 19.3 Å². The minimum absolute atomic E-state index is 0.337. The largest absolute Gasteiger partial charge is 0.314 e. The lowest BCUT2D eigenvalue weighted by molar-refractivity contribution is 0.177. The van der Waals surface area contributed by atoms with Crippen molar-refractivity contribution in [2.75, 3.05) is 33.7 Å². The molecular weight excluding hydrogens is 212 g/mol. The summed E-state index contributed by atoms with van der Waals surface area (Å²) in [5.74, 6) is 0. The molecule has 0 aromatic carbocycles. The molecule has 94 valence electrons. The fourth-order valence-corrected chi connectivity index (χ4v) is 2.37. The normalized spacial score (nSPS) is 23.5. The third-order valence-corrected chi connectivity index (χ3v) is 3.55. The zero-order valence-corrected chi connectivity index (χ0v) is 10.7. The van der Waals surface area contributed by atoms with Gasteiger partial charge in [0.25, 0.3) is 0 Å². The highest BCUT2D eigenvalue weighted by molar-refractivity contribution is 5.09. The maximum atomic E-state index is 4.44. The fourth-order valence-electron chi connectivity index (χ4n) is 2.37. The number of nitrogens with one attached hydrogen (secondary N) is 2. The minimum atomic E-state index is 0.337. The van der Waals surface area contributed by atoms with E-state index < -0.39 is 0 Å². The lowest BCUT2D eigenvalue weighted by atomic mass is 10.0. The van der Waals surface area contributed by atoms with Crippen LogP contribution in [0.4, 0.5) is 0 Å². The second-order valence-corrected chi connectivity index (χ2v) is 4.67. The van der Waals surface area contributed by atoms with Crippen molar-refractivity contribution >= 4 is 0 Å². The summed E-state index contributed by atoms with van der Waals surface area (Å²) in [6, 6.07) is 7.03. The van der Waals surface area contributed by atoms with Gasteiger partial charge in [0.15, 0.2) is 0 Å². The van der Waals surface area contributed by atoms with Crippen molar-refractivity contribution in [3.8, 4) is 0 Å². The molecule has 2 atom stereocenters. The highest BCUT2D eigenvalue weighted by Gasteiger charge is 2.23. The number of aromatic nitrogens is 1. The van der Waals surface area contributed by atoms with E-state index in [4.69, 9.17) is 0 Å². The highest BCUT2D eigenvalue weighted by Crippen LogP contribution is 2.18. The molecule has 4 heteroatoms. The Kier molecular flexibility index (Phi) is 4.48. The van der Waals surface area contributed by atoms with Crippen molar-refractivity contribution < 1.29 is 0 Å². The number of piperazine rings is 1. The van der Waals surface area contributed by atoms with E-state index in [-0.39, 0.29) is 0 Å². The molecule has 1 aliphatic rings. The average Bonchev–Trinajstić information content (AvgIpc) is 2.39. The molecule has 17 heavy (non-hydrogen) atoms. The van der Waals surface area contributed by atoms with Gasteiger partial charge in [-0.25, -0.2) is 0 Å². The molecule has 1 aromatic rings. The van der Waals surface area contributed by atoms with Gasteiger partial charge in [0.05, 0.1) is 11.7 Å². The number of hydrogen-bond donors (Lipinski definition) is 2. The predicted octanol–water partition coefficient (Wildman–Crippen LogP) is 0.636. The summed E-state index contributed by atoms with van der Waals surface area (Å²) in [4.78, 5) is 6.87. The van der Waals surface area contributed by atoms with E-state index in [1.54, 1.807) is 0 Å². The summed E-state index contributed by atoms with van der Waals surface area (Å²) < 4.78 is 0. The maximum Gasteiger partial charge on any atom is 0.0573 e. The van der Waals surface area contributed by atoms with Crippen molar-refractivity contribution in [2.24, 2.45) is 0 Å². The Bertz CT molecular complexity index is 327. The Morgan fingerprint density at radius 1 is 1.59 bits per heavy atom. The smallest absolute Gasteiger partial charge is 0.0573 e. The monoisotopic (exact) mass is 234 g/mol. The Morgan fingerprint density at radius 2 is 2.47 bits per heavy atom. The molecule has 1 fully saturated rings. The lowest BCUT2D eigenvalue weighted by Gasteiger charge is -2.35. The third-order valence-electron chi connectivity index (χ3n) is 3.55. The van der Waals surface area contributed by atoms with Gasteiger partial charge < -0.3 is 15.5 Å². The van der Waals surface area contributed by atoms with Crippen LogP contribution in [0.5, 0.6) is 0 Å². The van der Waals surface area contributed by atoms with Crippen molar-refractivity contribution in [1.29, 1.82) is 0 Å². The summed E-state index contributed by atoms with van der Waals surface area (Å²) in [7, 11) is 4.21. The number of nitrogens with zero attached hydrogens (tertiary/aromatic N) is 2. The van der Waals surface area contributed by atoms with Gasteiger partial charge in [-0.15, -0.1) is 0 Å². The first-order valence-corrected chi connectivity index (χ1v) is 6.30. The molecule has 4 nitrogen and oxygen atoms in total. The van der Waals surface area contributed by atoms with Crippen LogP contribution in [-0.4, -0.2) is 49.7 Å². The molecule has 0 amide bonds. The fraction of sp³-hybridized carbons (Fsp3) is 0.615. The zero-order valence-electron chi connectivity index (χ0n) is 10.7. The van der Waals surface area contributed by atoms with Crippen LogP contribution < -0.4 is 10.6 Å². The molecule has 2 unspecified atom stereocenters. The molecule has 2 rings (SSSR count). The van der Waals surface area contributed by atoms with Gasteiger partial charge in [-0.3, -0.25) is 4.98 Å². The van der Waals surface area contributed by atoms with Crippen molar-refractivity contribution in [3.05, 3.63) is 30.1 Å². The molecule has 2 heterocycles. The van der Waals surface area contributed by atoms with Gasteiger partial charge in [-0.1, -0.05) is 6.07 Å². The molecule has 1 aromatic heterocycles. The molecule has 0 aliphatic carbocycles. The van der Waals surface area contributed by atoms with Crippen LogP contribution in [0.25, 0.3) is 0 Å². The number of hydrogen-bond acceptors (Lipinski definition) is 4. The van der Waals surface area contributed by atoms with Gasteiger partial charge in [0.1, 0.15) is 0 Å². The van der Waals surface area contributed by atoms with Gasteiger partial charge in [0.2, 0.25) is 0 Å². The summed E-state index contributed by atoms with van der Waals surface area (Å²) in [5, 5.41) is 6.83. The van der Waals surface area contributed by atoms with E-state index in [2.05, 4.69) is 39.7 Å². The number of pyridine rings is 1. The van der Waals surface area contributed by atoms with E-state index in [0.717, 1.165) is 31.7 Å². The third kappa shape index (κ3) is 3.25. The van der Waals surface area contributed by atoms with E-state index in [0.29, 0.717) is 12.1 Å². The van der Waals surface area contributed by atoms with Crippen LogP contribution in [0.2, 0.25) is 0 Å².